The largest absolute Gasteiger partial charge is 0.354 e. The van der Waals surface area contributed by atoms with Crippen molar-refractivity contribution in [1.29, 1.82) is 0 Å². The predicted octanol–water partition coefficient (Wildman–Crippen LogP) is 2.77. The second-order valence-corrected chi connectivity index (χ2v) is 7.23. The van der Waals surface area contributed by atoms with E-state index >= 15 is 0 Å². The highest BCUT2D eigenvalue weighted by atomic mass is 32.1. The molecule has 20 heavy (non-hydrogen) atoms. The smallest absolute Gasteiger partial charge is 0.237 e. The average Bonchev–Trinajstić information content (AvgIpc) is 2.89. The fourth-order valence-corrected chi connectivity index (χ4v) is 3.81. The summed E-state index contributed by atoms with van der Waals surface area (Å²) in [4.78, 5) is 15.9. The fraction of sp³-hybridized carbons (Fsp3) is 0.688. The summed E-state index contributed by atoms with van der Waals surface area (Å²) in [5, 5.41) is 5.15. The molecule has 3 nitrogen and oxygen atoms in total. The molecule has 1 aromatic rings. The molecule has 2 rings (SSSR count). The number of rotatable bonds is 5. The van der Waals surface area contributed by atoms with Gasteiger partial charge in [0.1, 0.15) is 0 Å². The lowest BCUT2D eigenvalue weighted by Crippen LogP contribution is -2.50. The molecule has 1 aliphatic heterocycles. The summed E-state index contributed by atoms with van der Waals surface area (Å²) in [6.07, 6.45) is 2.21. The van der Waals surface area contributed by atoms with Crippen molar-refractivity contribution in [2.45, 2.75) is 39.7 Å². The first-order valence-electron chi connectivity index (χ1n) is 7.60. The van der Waals surface area contributed by atoms with Crippen LogP contribution in [0.25, 0.3) is 0 Å². The van der Waals surface area contributed by atoms with E-state index in [-0.39, 0.29) is 11.9 Å². The standard InChI is InChI=1S/C16H26N2OS/c1-12-9-13(2)11-18(10-12)14(3)16(19)17-7-6-15-5-4-8-20-15/h4-5,8,12-14H,6-7,9-11H2,1-3H3,(H,17,19). The molecule has 0 radical (unpaired) electrons. The van der Waals surface area contributed by atoms with Gasteiger partial charge in [-0.15, -0.1) is 11.3 Å². The van der Waals surface area contributed by atoms with Crippen LogP contribution in [0.2, 0.25) is 0 Å². The number of likely N-dealkylation sites (tertiary alicyclic amines) is 1. The molecular weight excluding hydrogens is 268 g/mol. The summed E-state index contributed by atoms with van der Waals surface area (Å²) in [7, 11) is 0. The van der Waals surface area contributed by atoms with Gasteiger partial charge in [0.25, 0.3) is 0 Å². The summed E-state index contributed by atoms with van der Waals surface area (Å²) >= 11 is 1.75. The van der Waals surface area contributed by atoms with Gasteiger partial charge in [-0.2, -0.15) is 0 Å². The average molecular weight is 294 g/mol. The van der Waals surface area contributed by atoms with Gasteiger partial charge < -0.3 is 5.32 Å². The van der Waals surface area contributed by atoms with Crippen molar-refractivity contribution in [3.63, 3.8) is 0 Å². The molecule has 1 amide bonds. The third kappa shape index (κ3) is 4.32. The molecule has 0 aliphatic carbocycles. The number of hydrogen-bond donors (Lipinski definition) is 1. The summed E-state index contributed by atoms with van der Waals surface area (Å²) in [6.45, 7) is 9.43. The maximum absolute atomic E-state index is 12.2. The molecule has 0 spiro atoms. The van der Waals surface area contributed by atoms with Gasteiger partial charge in [-0.1, -0.05) is 19.9 Å². The van der Waals surface area contributed by atoms with Crippen LogP contribution in [0.5, 0.6) is 0 Å². The van der Waals surface area contributed by atoms with E-state index < -0.39 is 0 Å². The lowest BCUT2D eigenvalue weighted by molar-refractivity contribution is -0.126. The highest BCUT2D eigenvalue weighted by Crippen LogP contribution is 2.22. The van der Waals surface area contributed by atoms with Gasteiger partial charge in [-0.25, -0.2) is 0 Å². The van der Waals surface area contributed by atoms with E-state index in [9.17, 15) is 4.79 Å². The molecule has 0 saturated carbocycles. The summed E-state index contributed by atoms with van der Waals surface area (Å²) in [6, 6.07) is 4.17. The highest BCUT2D eigenvalue weighted by molar-refractivity contribution is 7.09. The SMILES string of the molecule is CC1CC(C)CN(C(C)C(=O)NCCc2cccs2)C1. The van der Waals surface area contributed by atoms with Crippen LogP contribution >= 0.6 is 11.3 Å². The Morgan fingerprint density at radius 1 is 1.45 bits per heavy atom. The molecule has 1 aromatic heterocycles. The number of carbonyl (C=O) groups excluding carboxylic acids is 1. The Bertz CT molecular complexity index is 408. The van der Waals surface area contributed by atoms with Crippen LogP contribution in [0.4, 0.5) is 0 Å². The van der Waals surface area contributed by atoms with Gasteiger partial charge in [0.05, 0.1) is 6.04 Å². The molecular formula is C16H26N2OS. The molecule has 3 unspecified atom stereocenters. The number of thiophene rings is 1. The molecule has 4 heteroatoms. The van der Waals surface area contributed by atoms with Crippen molar-refractivity contribution in [1.82, 2.24) is 10.2 Å². The zero-order valence-electron chi connectivity index (χ0n) is 12.8. The summed E-state index contributed by atoms with van der Waals surface area (Å²) < 4.78 is 0. The fourth-order valence-electron chi connectivity index (χ4n) is 3.10. The first kappa shape index (κ1) is 15.5. The number of amides is 1. The van der Waals surface area contributed by atoms with Crippen molar-refractivity contribution >= 4 is 17.2 Å². The van der Waals surface area contributed by atoms with Crippen LogP contribution in [0.15, 0.2) is 17.5 Å². The molecule has 0 aromatic carbocycles. The van der Waals surface area contributed by atoms with Crippen molar-refractivity contribution < 1.29 is 4.79 Å². The van der Waals surface area contributed by atoms with Crippen molar-refractivity contribution in [2.75, 3.05) is 19.6 Å². The summed E-state index contributed by atoms with van der Waals surface area (Å²) in [5.74, 6) is 1.56. The lowest BCUT2D eigenvalue weighted by atomic mass is 9.91. The topological polar surface area (TPSA) is 32.3 Å². The maximum Gasteiger partial charge on any atom is 0.237 e. The Balaban J connectivity index is 1.76. The first-order chi connectivity index (χ1) is 9.56. The van der Waals surface area contributed by atoms with Gasteiger partial charge in [-0.3, -0.25) is 9.69 Å². The molecule has 2 heterocycles. The number of carbonyl (C=O) groups is 1. The minimum Gasteiger partial charge on any atom is -0.354 e. The van der Waals surface area contributed by atoms with Crippen LogP contribution in [0.1, 0.15) is 32.1 Å². The van der Waals surface area contributed by atoms with Gasteiger partial charge in [0.2, 0.25) is 5.91 Å². The van der Waals surface area contributed by atoms with Gasteiger partial charge in [0.15, 0.2) is 0 Å². The number of hydrogen-bond acceptors (Lipinski definition) is 3. The molecule has 0 bridgehead atoms. The Labute approximate surface area is 126 Å². The maximum atomic E-state index is 12.2. The third-order valence-corrected chi connectivity index (χ3v) is 5.01. The van der Waals surface area contributed by atoms with E-state index in [0.717, 1.165) is 26.1 Å². The Kier molecular flexibility index (Phi) is 5.61. The van der Waals surface area contributed by atoms with E-state index in [1.807, 2.05) is 6.92 Å². The lowest BCUT2D eigenvalue weighted by Gasteiger charge is -2.38. The number of nitrogens with one attached hydrogen (secondary N) is 1. The van der Waals surface area contributed by atoms with Gasteiger partial charge in [-0.05, 0) is 43.0 Å². The minimum atomic E-state index is -0.0106. The molecule has 1 saturated heterocycles. The zero-order valence-corrected chi connectivity index (χ0v) is 13.6. The Morgan fingerprint density at radius 3 is 2.75 bits per heavy atom. The number of nitrogens with zero attached hydrogens (tertiary/aromatic N) is 1. The Morgan fingerprint density at radius 2 is 2.15 bits per heavy atom. The van der Waals surface area contributed by atoms with Gasteiger partial charge in [0, 0.05) is 24.5 Å². The van der Waals surface area contributed by atoms with Crippen LogP contribution in [-0.4, -0.2) is 36.5 Å². The van der Waals surface area contributed by atoms with E-state index in [2.05, 4.69) is 41.6 Å². The van der Waals surface area contributed by atoms with Crippen LogP contribution in [0.3, 0.4) is 0 Å². The van der Waals surface area contributed by atoms with Crippen molar-refractivity contribution in [3.8, 4) is 0 Å². The second kappa shape index (κ2) is 7.23. The number of piperidine rings is 1. The first-order valence-corrected chi connectivity index (χ1v) is 8.48. The normalized spacial score (nSPS) is 25.4. The highest BCUT2D eigenvalue weighted by Gasteiger charge is 2.28. The van der Waals surface area contributed by atoms with Crippen LogP contribution < -0.4 is 5.32 Å². The predicted molar refractivity (Wildman–Crippen MR) is 85.0 cm³/mol. The minimum absolute atomic E-state index is 0.0106. The van der Waals surface area contributed by atoms with E-state index in [1.54, 1.807) is 11.3 Å². The van der Waals surface area contributed by atoms with Crippen LogP contribution in [0, 0.1) is 11.8 Å². The van der Waals surface area contributed by atoms with Gasteiger partial charge >= 0.3 is 0 Å². The van der Waals surface area contributed by atoms with E-state index in [1.165, 1.54) is 11.3 Å². The molecule has 1 aliphatic rings. The third-order valence-electron chi connectivity index (χ3n) is 4.07. The molecule has 1 N–H and O–H groups in total. The van der Waals surface area contributed by atoms with E-state index in [4.69, 9.17) is 0 Å². The Hall–Kier alpha value is -0.870. The van der Waals surface area contributed by atoms with Crippen molar-refractivity contribution in [3.05, 3.63) is 22.4 Å². The zero-order chi connectivity index (χ0) is 14.5. The van der Waals surface area contributed by atoms with Crippen molar-refractivity contribution in [2.24, 2.45) is 11.8 Å². The second-order valence-electron chi connectivity index (χ2n) is 6.20. The summed E-state index contributed by atoms with van der Waals surface area (Å²) in [5.41, 5.74) is 0. The molecule has 3 atom stereocenters. The molecule has 112 valence electrons. The van der Waals surface area contributed by atoms with E-state index in [0.29, 0.717) is 11.8 Å². The quantitative estimate of drug-likeness (QED) is 0.905. The van der Waals surface area contributed by atoms with Crippen LogP contribution in [-0.2, 0) is 11.2 Å². The monoisotopic (exact) mass is 294 g/mol. The molecule has 1 fully saturated rings.